The summed E-state index contributed by atoms with van der Waals surface area (Å²) in [4.78, 5) is 12.6. The Morgan fingerprint density at radius 3 is 2.43 bits per heavy atom. The number of hydrogen-bond acceptors (Lipinski definition) is 5. The summed E-state index contributed by atoms with van der Waals surface area (Å²) in [6, 6.07) is 12.6. The Hall–Kier alpha value is -2.71. The van der Waals surface area contributed by atoms with E-state index in [4.69, 9.17) is 4.52 Å². The zero-order chi connectivity index (χ0) is 20.5. The summed E-state index contributed by atoms with van der Waals surface area (Å²) >= 11 is 0. The number of carbonyl (C=O) groups is 1. The van der Waals surface area contributed by atoms with Crippen LogP contribution in [0.15, 0.2) is 51.9 Å². The van der Waals surface area contributed by atoms with E-state index >= 15 is 0 Å². The highest BCUT2D eigenvalue weighted by Gasteiger charge is 2.28. The van der Waals surface area contributed by atoms with E-state index in [2.05, 4.69) is 15.2 Å². The van der Waals surface area contributed by atoms with Gasteiger partial charge in [0, 0.05) is 0 Å². The van der Waals surface area contributed by atoms with Gasteiger partial charge in [-0.2, -0.15) is 4.72 Å². The van der Waals surface area contributed by atoms with Gasteiger partial charge >= 0.3 is 0 Å². The minimum atomic E-state index is -3.92. The average Bonchev–Trinajstić information content (AvgIpc) is 2.99. The number of hydrogen-bond donors (Lipinski definition) is 2. The van der Waals surface area contributed by atoms with Crippen LogP contribution in [-0.4, -0.2) is 25.5 Å². The van der Waals surface area contributed by atoms with Crippen molar-refractivity contribution < 1.29 is 17.7 Å². The van der Waals surface area contributed by atoms with Crippen LogP contribution in [0.25, 0.3) is 10.8 Å². The second-order valence-electron chi connectivity index (χ2n) is 6.79. The zero-order valence-corrected chi connectivity index (χ0v) is 17.0. The molecule has 1 heterocycles. The van der Waals surface area contributed by atoms with E-state index in [0.717, 1.165) is 16.3 Å². The molecular formula is C20H23N3O4S. The van der Waals surface area contributed by atoms with Crippen molar-refractivity contribution in [1.82, 2.24) is 15.2 Å². The maximum Gasteiger partial charge on any atom is 0.246 e. The van der Waals surface area contributed by atoms with Gasteiger partial charge < -0.3 is 9.84 Å². The van der Waals surface area contributed by atoms with Crippen molar-refractivity contribution in [2.24, 2.45) is 0 Å². The molecule has 2 aromatic carbocycles. The Morgan fingerprint density at radius 1 is 1.07 bits per heavy atom. The molecule has 0 aliphatic carbocycles. The molecule has 0 bridgehead atoms. The van der Waals surface area contributed by atoms with E-state index in [1.54, 1.807) is 6.92 Å². The number of carbonyl (C=O) groups excluding carboxylic acids is 1. The largest absolute Gasteiger partial charge is 0.360 e. The molecule has 0 spiro atoms. The van der Waals surface area contributed by atoms with Crippen LogP contribution in [0.2, 0.25) is 0 Å². The van der Waals surface area contributed by atoms with Gasteiger partial charge in [0.05, 0.1) is 12.1 Å². The first-order chi connectivity index (χ1) is 13.2. The van der Waals surface area contributed by atoms with Crippen LogP contribution < -0.4 is 10.0 Å². The first kappa shape index (κ1) is 20.0. The van der Waals surface area contributed by atoms with E-state index in [1.165, 1.54) is 13.8 Å². The Morgan fingerprint density at radius 2 is 1.75 bits per heavy atom. The fourth-order valence-electron chi connectivity index (χ4n) is 3.25. The molecule has 0 unspecified atom stereocenters. The van der Waals surface area contributed by atoms with Gasteiger partial charge in [0.1, 0.15) is 10.6 Å². The lowest BCUT2D eigenvalue weighted by atomic mass is 9.99. The summed E-state index contributed by atoms with van der Waals surface area (Å²) in [7, 11) is -3.92. The van der Waals surface area contributed by atoms with Gasteiger partial charge in [0.25, 0.3) is 0 Å². The minimum Gasteiger partial charge on any atom is -0.360 e. The van der Waals surface area contributed by atoms with Gasteiger partial charge in [-0.05, 0) is 44.0 Å². The molecule has 0 radical (unpaired) electrons. The molecule has 7 nitrogen and oxygen atoms in total. The van der Waals surface area contributed by atoms with Crippen LogP contribution in [0.3, 0.4) is 0 Å². The molecule has 8 heteroatoms. The van der Waals surface area contributed by atoms with Crippen molar-refractivity contribution in [2.75, 3.05) is 0 Å². The van der Waals surface area contributed by atoms with E-state index in [1.807, 2.05) is 49.4 Å². The molecule has 3 aromatic rings. The van der Waals surface area contributed by atoms with E-state index < -0.39 is 22.0 Å². The molecule has 148 valence electrons. The highest BCUT2D eigenvalue weighted by atomic mass is 32.2. The Bertz CT molecular complexity index is 1100. The van der Waals surface area contributed by atoms with Crippen molar-refractivity contribution in [1.29, 1.82) is 0 Å². The van der Waals surface area contributed by atoms with Crippen molar-refractivity contribution in [2.45, 2.75) is 44.7 Å². The van der Waals surface area contributed by atoms with Crippen LogP contribution in [0.5, 0.6) is 0 Å². The van der Waals surface area contributed by atoms with E-state index in [0.29, 0.717) is 0 Å². The molecule has 0 saturated carbocycles. The topological polar surface area (TPSA) is 101 Å². The number of aryl methyl sites for hydroxylation is 2. The number of nitrogens with zero attached hydrogens (tertiary/aromatic N) is 1. The number of fused-ring (bicyclic) bond motifs is 1. The lowest BCUT2D eigenvalue weighted by Crippen LogP contribution is -2.45. The number of rotatable bonds is 6. The lowest BCUT2D eigenvalue weighted by Gasteiger charge is -2.20. The summed E-state index contributed by atoms with van der Waals surface area (Å²) in [5.74, 6) is -0.238. The fraction of sp³-hybridized carbons (Fsp3) is 0.300. The predicted octanol–water partition coefficient (Wildman–Crippen LogP) is 2.99. The third-order valence-corrected chi connectivity index (χ3v) is 6.39. The van der Waals surface area contributed by atoms with Crippen LogP contribution in [0.4, 0.5) is 0 Å². The number of benzene rings is 2. The van der Waals surface area contributed by atoms with Gasteiger partial charge in [-0.1, -0.05) is 47.6 Å². The summed E-state index contributed by atoms with van der Waals surface area (Å²) < 4.78 is 32.5. The van der Waals surface area contributed by atoms with E-state index in [9.17, 15) is 13.2 Å². The Balaban J connectivity index is 1.75. The highest BCUT2D eigenvalue weighted by Crippen LogP contribution is 2.24. The monoisotopic (exact) mass is 401 g/mol. The molecular weight excluding hydrogens is 378 g/mol. The maximum absolute atomic E-state index is 12.6. The van der Waals surface area contributed by atoms with Gasteiger partial charge in [-0.15, -0.1) is 0 Å². The van der Waals surface area contributed by atoms with Crippen molar-refractivity contribution in [3.8, 4) is 0 Å². The Labute approximate surface area is 164 Å². The molecule has 0 fully saturated rings. The summed E-state index contributed by atoms with van der Waals surface area (Å²) in [6.07, 6.45) is 0. The van der Waals surface area contributed by atoms with E-state index in [-0.39, 0.29) is 22.4 Å². The molecule has 28 heavy (non-hydrogen) atoms. The quantitative estimate of drug-likeness (QED) is 0.661. The van der Waals surface area contributed by atoms with Crippen molar-refractivity contribution >= 4 is 26.7 Å². The third-order valence-electron chi connectivity index (χ3n) is 4.61. The SMILES string of the molecule is Cc1noc(C)c1S(=O)(=O)N[C@H](C)C(=O)N[C@H](C)c1cccc2ccccc12. The number of amides is 1. The molecule has 0 aliphatic rings. The fourth-order valence-corrected chi connectivity index (χ4v) is 4.78. The first-order valence-electron chi connectivity index (χ1n) is 8.94. The normalized spacial score (nSPS) is 14.0. The van der Waals surface area contributed by atoms with Gasteiger partial charge in [0.2, 0.25) is 15.9 Å². The average molecular weight is 401 g/mol. The van der Waals surface area contributed by atoms with Crippen LogP contribution in [0.1, 0.15) is 36.9 Å². The number of nitrogens with one attached hydrogen (secondary N) is 2. The zero-order valence-electron chi connectivity index (χ0n) is 16.2. The van der Waals surface area contributed by atoms with Gasteiger partial charge in [0.15, 0.2) is 5.76 Å². The second kappa shape index (κ2) is 7.73. The van der Waals surface area contributed by atoms with Crippen molar-refractivity contribution in [3.05, 3.63) is 59.5 Å². The summed E-state index contributed by atoms with van der Waals surface area (Å²) in [6.45, 7) is 6.43. The molecule has 0 saturated heterocycles. The molecule has 0 aliphatic heterocycles. The lowest BCUT2D eigenvalue weighted by molar-refractivity contribution is -0.123. The molecule has 1 aromatic heterocycles. The number of aromatic nitrogens is 1. The third kappa shape index (κ3) is 3.93. The Kier molecular flexibility index (Phi) is 5.53. The minimum absolute atomic E-state index is 0.0331. The molecule has 2 atom stereocenters. The summed E-state index contributed by atoms with van der Waals surface area (Å²) in [5, 5.41) is 8.66. The van der Waals surface area contributed by atoms with Crippen LogP contribution in [0, 0.1) is 13.8 Å². The second-order valence-corrected chi connectivity index (χ2v) is 8.45. The smallest absolute Gasteiger partial charge is 0.246 e. The molecule has 2 N–H and O–H groups in total. The standard InChI is InChI=1S/C20H23N3O4S/c1-12(17-11-7-9-16-8-5-6-10-18(16)17)21-20(24)14(3)23-28(25,26)19-13(2)22-27-15(19)4/h5-12,14,23H,1-4H3,(H,21,24)/t12-,14-/m1/s1. The summed E-state index contributed by atoms with van der Waals surface area (Å²) in [5.41, 5.74) is 1.22. The first-order valence-corrected chi connectivity index (χ1v) is 10.4. The molecule has 1 amide bonds. The maximum atomic E-state index is 12.6. The van der Waals surface area contributed by atoms with Gasteiger partial charge in [-0.25, -0.2) is 8.42 Å². The van der Waals surface area contributed by atoms with Gasteiger partial charge in [-0.3, -0.25) is 4.79 Å². The van der Waals surface area contributed by atoms with Crippen LogP contribution in [-0.2, 0) is 14.8 Å². The highest BCUT2D eigenvalue weighted by molar-refractivity contribution is 7.89. The van der Waals surface area contributed by atoms with Crippen LogP contribution >= 0.6 is 0 Å². The van der Waals surface area contributed by atoms with Crippen molar-refractivity contribution in [3.63, 3.8) is 0 Å². The predicted molar refractivity (Wildman–Crippen MR) is 106 cm³/mol. The number of sulfonamides is 1. The molecule has 3 rings (SSSR count).